The van der Waals surface area contributed by atoms with Gasteiger partial charge in [-0.1, -0.05) is 0 Å². The Bertz CT molecular complexity index is 426. The summed E-state index contributed by atoms with van der Waals surface area (Å²) in [7, 11) is 0. The fraction of sp³-hybridized carbons (Fsp3) is 0.385. The Morgan fingerprint density at radius 3 is 2.19 bits per heavy atom. The molecule has 0 amide bonds. The van der Waals surface area contributed by atoms with Gasteiger partial charge in [0, 0.05) is 17.4 Å². The molecule has 0 radical (unpaired) electrons. The van der Waals surface area contributed by atoms with Gasteiger partial charge in [0.25, 0.3) is 5.70 Å². The molecule has 0 N–H and O–H groups in total. The first kappa shape index (κ1) is 12.1. The number of rotatable bonds is 1. The lowest BCUT2D eigenvalue weighted by Crippen LogP contribution is -2.29. The maximum Gasteiger partial charge on any atom is 0.269 e. The van der Waals surface area contributed by atoms with Gasteiger partial charge < -0.3 is 4.90 Å². The summed E-state index contributed by atoms with van der Waals surface area (Å²) in [6.45, 7) is 15.2. The van der Waals surface area contributed by atoms with E-state index in [4.69, 9.17) is 11.8 Å². The normalized spacial score (nSPS) is 15.2. The molecule has 0 aliphatic carbocycles. The van der Waals surface area contributed by atoms with Crippen LogP contribution in [0.5, 0.6) is 0 Å². The Morgan fingerprint density at radius 1 is 1.38 bits per heavy atom. The van der Waals surface area contributed by atoms with Crippen LogP contribution in [0.3, 0.4) is 0 Å². The minimum absolute atomic E-state index is 0.155. The summed E-state index contributed by atoms with van der Waals surface area (Å²) in [5.41, 5.74) is 3.01. The van der Waals surface area contributed by atoms with Crippen LogP contribution in [0.4, 0.5) is 0 Å². The van der Waals surface area contributed by atoms with Crippen molar-refractivity contribution in [1.29, 1.82) is 5.26 Å². The molecular formula is C13H15N3. The van der Waals surface area contributed by atoms with Crippen LogP contribution in [0.15, 0.2) is 34.8 Å². The van der Waals surface area contributed by atoms with Gasteiger partial charge >= 0.3 is 0 Å². The molecule has 0 unspecified atom stereocenters. The van der Waals surface area contributed by atoms with Crippen LogP contribution in [-0.2, 0) is 0 Å². The van der Waals surface area contributed by atoms with E-state index >= 15 is 0 Å². The van der Waals surface area contributed by atoms with Crippen LogP contribution in [0, 0.1) is 17.9 Å². The van der Waals surface area contributed by atoms with Crippen molar-refractivity contribution >= 4 is 0 Å². The Labute approximate surface area is 96.8 Å². The van der Waals surface area contributed by atoms with E-state index in [1.807, 2.05) is 32.1 Å². The van der Waals surface area contributed by atoms with Crippen LogP contribution < -0.4 is 0 Å². The first-order valence-electron chi connectivity index (χ1n) is 5.19. The molecule has 0 aromatic carbocycles. The predicted molar refractivity (Wildman–Crippen MR) is 63.7 cm³/mol. The molecule has 0 saturated carbocycles. The average Bonchev–Trinajstić information content (AvgIpc) is 2.17. The smallest absolute Gasteiger partial charge is 0.269 e. The second-order valence-corrected chi connectivity index (χ2v) is 4.06. The molecule has 3 heteroatoms. The molecule has 0 atom stereocenters. The van der Waals surface area contributed by atoms with Gasteiger partial charge in [-0.05, 0) is 45.4 Å². The number of allylic oxidation sites excluding steroid dienone is 6. The van der Waals surface area contributed by atoms with E-state index in [1.54, 1.807) is 0 Å². The van der Waals surface area contributed by atoms with Gasteiger partial charge in [-0.2, -0.15) is 0 Å². The zero-order chi connectivity index (χ0) is 12.3. The molecule has 16 heavy (non-hydrogen) atoms. The summed E-state index contributed by atoms with van der Waals surface area (Å²) in [4.78, 5) is 5.41. The summed E-state index contributed by atoms with van der Waals surface area (Å²) in [6.07, 6.45) is 3.78. The van der Waals surface area contributed by atoms with Gasteiger partial charge in [0.2, 0.25) is 0 Å². The monoisotopic (exact) mass is 213 g/mol. The van der Waals surface area contributed by atoms with Crippen LogP contribution in [-0.4, -0.2) is 10.9 Å². The van der Waals surface area contributed by atoms with Crippen molar-refractivity contribution in [2.75, 3.05) is 0 Å². The van der Waals surface area contributed by atoms with E-state index in [0.29, 0.717) is 11.6 Å². The van der Waals surface area contributed by atoms with Crippen LogP contribution in [0.2, 0.25) is 0 Å². The highest BCUT2D eigenvalue weighted by Crippen LogP contribution is 2.26. The minimum atomic E-state index is 0.155. The van der Waals surface area contributed by atoms with Gasteiger partial charge in [0.1, 0.15) is 0 Å². The molecule has 1 aliphatic rings. The molecule has 0 fully saturated rings. The Morgan fingerprint density at radius 2 is 1.88 bits per heavy atom. The Hall–Kier alpha value is -2.00. The number of nitrogens with zero attached hydrogens (tertiary/aromatic N) is 3. The van der Waals surface area contributed by atoms with E-state index in [9.17, 15) is 0 Å². The van der Waals surface area contributed by atoms with Gasteiger partial charge in [0.05, 0.1) is 12.6 Å². The fourth-order valence-corrected chi connectivity index (χ4v) is 2.01. The Balaban J connectivity index is 3.25. The highest BCUT2D eigenvalue weighted by atomic mass is 15.2. The molecule has 0 aromatic rings. The maximum absolute atomic E-state index is 8.83. The summed E-state index contributed by atoms with van der Waals surface area (Å²) >= 11 is 0. The summed E-state index contributed by atoms with van der Waals surface area (Å²) in [5, 5.41) is 8.83. The lowest BCUT2D eigenvalue weighted by atomic mass is 10.1. The molecule has 1 aliphatic heterocycles. The zero-order valence-electron chi connectivity index (χ0n) is 10.1. The minimum Gasteiger partial charge on any atom is -0.347 e. The van der Waals surface area contributed by atoms with Crippen molar-refractivity contribution < 1.29 is 0 Å². The molecule has 1 rings (SSSR count). The average molecular weight is 213 g/mol. The third-order valence-electron chi connectivity index (χ3n) is 2.50. The highest BCUT2D eigenvalue weighted by molar-refractivity contribution is 5.49. The van der Waals surface area contributed by atoms with Crippen molar-refractivity contribution in [1.82, 2.24) is 4.90 Å². The molecule has 0 aromatic heterocycles. The van der Waals surface area contributed by atoms with Crippen molar-refractivity contribution in [2.24, 2.45) is 0 Å². The van der Waals surface area contributed by atoms with Crippen LogP contribution in [0.1, 0.15) is 27.7 Å². The molecule has 1 heterocycles. The SMILES string of the molecule is [C-]#[N+]C(C#N)=C1C=C(C)N(C(C)C)C(C)=C1. The third kappa shape index (κ3) is 2.15. The van der Waals surface area contributed by atoms with Crippen molar-refractivity contribution in [3.8, 4) is 6.07 Å². The second kappa shape index (κ2) is 4.68. The Kier molecular flexibility index (Phi) is 3.53. The second-order valence-electron chi connectivity index (χ2n) is 4.06. The van der Waals surface area contributed by atoms with Crippen LogP contribution in [0.25, 0.3) is 4.85 Å². The highest BCUT2D eigenvalue weighted by Gasteiger charge is 2.17. The first-order valence-corrected chi connectivity index (χ1v) is 5.19. The number of hydrogen-bond acceptors (Lipinski definition) is 2. The zero-order valence-corrected chi connectivity index (χ0v) is 10.1. The molecular weight excluding hydrogens is 198 g/mol. The van der Waals surface area contributed by atoms with E-state index in [-0.39, 0.29) is 5.70 Å². The standard InChI is InChI=1S/C13H15N3/c1-9(2)16-10(3)6-12(7-11(16)4)13(8-14)15-5/h6-7,9H,1-4H3. The summed E-state index contributed by atoms with van der Waals surface area (Å²) < 4.78 is 0. The summed E-state index contributed by atoms with van der Waals surface area (Å²) in [6, 6.07) is 2.31. The quantitative estimate of drug-likeness (QED) is 0.494. The van der Waals surface area contributed by atoms with Gasteiger partial charge in [-0.3, -0.25) is 0 Å². The largest absolute Gasteiger partial charge is 0.347 e. The van der Waals surface area contributed by atoms with E-state index in [0.717, 1.165) is 11.4 Å². The van der Waals surface area contributed by atoms with Gasteiger partial charge in [-0.15, -0.1) is 0 Å². The van der Waals surface area contributed by atoms with Gasteiger partial charge in [0.15, 0.2) is 0 Å². The third-order valence-corrected chi connectivity index (χ3v) is 2.50. The van der Waals surface area contributed by atoms with Crippen molar-refractivity contribution in [3.63, 3.8) is 0 Å². The van der Waals surface area contributed by atoms with Crippen LogP contribution >= 0.6 is 0 Å². The van der Waals surface area contributed by atoms with E-state index in [1.165, 1.54) is 0 Å². The molecule has 3 nitrogen and oxygen atoms in total. The summed E-state index contributed by atoms with van der Waals surface area (Å²) in [5.74, 6) is 0. The van der Waals surface area contributed by atoms with E-state index in [2.05, 4.69) is 23.6 Å². The lowest BCUT2D eigenvalue weighted by Gasteiger charge is -2.33. The predicted octanol–water partition coefficient (Wildman–Crippen LogP) is 3.21. The van der Waals surface area contributed by atoms with Gasteiger partial charge in [-0.25, -0.2) is 10.1 Å². The molecule has 0 bridgehead atoms. The molecule has 82 valence electrons. The van der Waals surface area contributed by atoms with Crippen molar-refractivity contribution in [3.05, 3.63) is 46.2 Å². The lowest BCUT2D eigenvalue weighted by molar-refractivity contribution is 0.351. The number of nitriles is 1. The first-order chi connectivity index (χ1) is 7.51. The van der Waals surface area contributed by atoms with Crippen molar-refractivity contribution in [2.45, 2.75) is 33.7 Å². The molecule has 0 spiro atoms. The number of hydrogen-bond donors (Lipinski definition) is 0. The molecule has 0 saturated heterocycles. The van der Waals surface area contributed by atoms with E-state index < -0.39 is 0 Å². The maximum atomic E-state index is 8.83. The topological polar surface area (TPSA) is 31.4 Å². The fourth-order valence-electron chi connectivity index (χ4n) is 2.01.